The van der Waals surface area contributed by atoms with Crippen LogP contribution in [-0.4, -0.2) is 24.0 Å². The zero-order chi connectivity index (χ0) is 8.89. The van der Waals surface area contributed by atoms with E-state index >= 15 is 0 Å². The van der Waals surface area contributed by atoms with Gasteiger partial charge in [0.15, 0.2) is 0 Å². The lowest BCUT2D eigenvalue weighted by Crippen LogP contribution is -2.60. The molecule has 1 saturated heterocycles. The highest BCUT2D eigenvalue weighted by Gasteiger charge is 2.51. The second-order valence-electron chi connectivity index (χ2n) is 3.56. The van der Waals surface area contributed by atoms with E-state index in [1.165, 1.54) is 0 Å². The first-order valence-electron chi connectivity index (χ1n) is 4.30. The van der Waals surface area contributed by atoms with Gasteiger partial charge in [-0.1, -0.05) is 0 Å². The number of pyridine rings is 1. The van der Waals surface area contributed by atoms with Crippen LogP contribution in [0, 0.1) is 0 Å². The molecule has 0 unspecified atom stereocenters. The molecular weight excluding hydrogens is 202 g/mol. The number of carbonyl (C=O) groups excluding carboxylic acids is 1. The smallest absolute Gasteiger partial charge is 0.237 e. The molecule has 0 atom stereocenters. The van der Waals surface area contributed by atoms with Gasteiger partial charge in [-0.2, -0.15) is 0 Å². The molecule has 3 rings (SSSR count). The summed E-state index contributed by atoms with van der Waals surface area (Å²) in [5, 5.41) is 5.98. The van der Waals surface area contributed by atoms with E-state index in [2.05, 4.69) is 15.6 Å². The molecule has 0 bridgehead atoms. The zero-order valence-electron chi connectivity index (χ0n) is 7.41. The Morgan fingerprint density at radius 2 is 2.21 bits per heavy atom. The predicted octanol–water partition coefficient (Wildman–Crippen LogP) is 0.296. The summed E-state index contributed by atoms with van der Waals surface area (Å²) >= 11 is 0. The van der Waals surface area contributed by atoms with Crippen molar-refractivity contribution in [1.82, 2.24) is 10.3 Å². The van der Waals surface area contributed by atoms with E-state index in [-0.39, 0.29) is 23.7 Å². The van der Waals surface area contributed by atoms with Crippen LogP contribution in [0.3, 0.4) is 0 Å². The van der Waals surface area contributed by atoms with Crippen LogP contribution in [0.15, 0.2) is 18.5 Å². The lowest BCUT2D eigenvalue weighted by molar-refractivity contribution is -0.122. The van der Waals surface area contributed by atoms with E-state index in [1.54, 1.807) is 12.4 Å². The molecule has 0 radical (unpaired) electrons. The van der Waals surface area contributed by atoms with Gasteiger partial charge in [-0.15, -0.1) is 12.4 Å². The number of hydrogen-bond acceptors (Lipinski definition) is 3. The van der Waals surface area contributed by atoms with Crippen molar-refractivity contribution in [2.45, 2.75) is 5.41 Å². The first-order valence-corrected chi connectivity index (χ1v) is 4.30. The maximum atomic E-state index is 11.7. The van der Waals surface area contributed by atoms with Crippen LogP contribution in [0.4, 0.5) is 5.69 Å². The molecule has 2 aliphatic rings. The van der Waals surface area contributed by atoms with E-state index in [4.69, 9.17) is 0 Å². The van der Waals surface area contributed by atoms with Crippen LogP contribution < -0.4 is 10.6 Å². The van der Waals surface area contributed by atoms with E-state index in [9.17, 15) is 4.79 Å². The van der Waals surface area contributed by atoms with Gasteiger partial charge in [0.1, 0.15) is 5.41 Å². The average Bonchev–Trinajstić information content (AvgIpc) is 2.35. The minimum Gasteiger partial charge on any atom is -0.324 e. The number of hydrogen-bond donors (Lipinski definition) is 2. The molecule has 1 fully saturated rings. The second kappa shape index (κ2) is 2.93. The van der Waals surface area contributed by atoms with Gasteiger partial charge >= 0.3 is 0 Å². The minimum absolute atomic E-state index is 0. The maximum Gasteiger partial charge on any atom is 0.237 e. The van der Waals surface area contributed by atoms with Crippen molar-refractivity contribution in [3.8, 4) is 0 Å². The van der Waals surface area contributed by atoms with E-state index in [0.717, 1.165) is 24.3 Å². The molecule has 1 spiro atoms. The van der Waals surface area contributed by atoms with Crippen LogP contribution in [0.1, 0.15) is 5.56 Å². The van der Waals surface area contributed by atoms with Crippen LogP contribution in [0.25, 0.3) is 0 Å². The standard InChI is InChI=1S/C9H9N3O.ClH/c13-8-9(4-11-5-9)6-1-2-10-3-7(6)12-8;/h1-3,11H,4-5H2,(H,12,13);1H. The van der Waals surface area contributed by atoms with E-state index in [1.807, 2.05) is 6.07 Å². The Morgan fingerprint density at radius 3 is 2.86 bits per heavy atom. The molecule has 1 aromatic rings. The molecule has 0 saturated carbocycles. The molecule has 5 heteroatoms. The Bertz CT molecular complexity index is 389. The van der Waals surface area contributed by atoms with Crippen molar-refractivity contribution >= 4 is 24.0 Å². The molecule has 1 amide bonds. The van der Waals surface area contributed by atoms with Crippen molar-refractivity contribution in [2.24, 2.45) is 0 Å². The van der Waals surface area contributed by atoms with Crippen molar-refractivity contribution in [3.05, 3.63) is 24.0 Å². The Labute approximate surface area is 87.5 Å². The van der Waals surface area contributed by atoms with Crippen LogP contribution in [0.5, 0.6) is 0 Å². The molecule has 74 valence electrons. The van der Waals surface area contributed by atoms with Crippen LogP contribution in [-0.2, 0) is 10.2 Å². The van der Waals surface area contributed by atoms with Gasteiger partial charge in [0.2, 0.25) is 5.91 Å². The van der Waals surface area contributed by atoms with Crippen LogP contribution in [0.2, 0.25) is 0 Å². The molecule has 1 aromatic heterocycles. The summed E-state index contributed by atoms with van der Waals surface area (Å²) in [5.41, 5.74) is 1.67. The number of aromatic nitrogens is 1. The Balaban J connectivity index is 0.000000750. The third-order valence-electron chi connectivity index (χ3n) is 2.87. The molecule has 2 N–H and O–H groups in total. The summed E-state index contributed by atoms with van der Waals surface area (Å²) in [5.74, 6) is 0.106. The normalized spacial score (nSPS) is 20.7. The summed E-state index contributed by atoms with van der Waals surface area (Å²) in [7, 11) is 0. The fourth-order valence-corrected chi connectivity index (χ4v) is 2.00. The number of anilines is 1. The first kappa shape index (κ1) is 9.43. The highest BCUT2D eigenvalue weighted by molar-refractivity contribution is 6.07. The summed E-state index contributed by atoms with van der Waals surface area (Å²) in [6.07, 6.45) is 3.44. The summed E-state index contributed by atoms with van der Waals surface area (Å²) < 4.78 is 0. The van der Waals surface area contributed by atoms with Crippen molar-refractivity contribution in [2.75, 3.05) is 18.4 Å². The Hall–Kier alpha value is -1.13. The van der Waals surface area contributed by atoms with Crippen LogP contribution >= 0.6 is 12.4 Å². The van der Waals surface area contributed by atoms with Gasteiger partial charge in [0.05, 0.1) is 11.9 Å². The lowest BCUT2D eigenvalue weighted by Gasteiger charge is -2.36. The topological polar surface area (TPSA) is 54.0 Å². The molecule has 2 aliphatic heterocycles. The predicted molar refractivity (Wildman–Crippen MR) is 54.7 cm³/mol. The maximum absolute atomic E-state index is 11.7. The van der Waals surface area contributed by atoms with Gasteiger partial charge in [-0.05, 0) is 11.6 Å². The molecular formula is C9H10ClN3O. The quantitative estimate of drug-likeness (QED) is 0.649. The van der Waals surface area contributed by atoms with Gasteiger partial charge in [-0.25, -0.2) is 0 Å². The zero-order valence-corrected chi connectivity index (χ0v) is 8.23. The van der Waals surface area contributed by atoms with Gasteiger partial charge in [0, 0.05) is 19.3 Å². The first-order chi connectivity index (χ1) is 6.33. The Kier molecular flexibility index (Phi) is 1.97. The number of amides is 1. The van der Waals surface area contributed by atoms with Crippen molar-refractivity contribution in [1.29, 1.82) is 0 Å². The highest BCUT2D eigenvalue weighted by Crippen LogP contribution is 2.39. The largest absolute Gasteiger partial charge is 0.324 e. The minimum atomic E-state index is -0.293. The number of rotatable bonds is 0. The molecule has 4 nitrogen and oxygen atoms in total. The number of fused-ring (bicyclic) bond motifs is 2. The van der Waals surface area contributed by atoms with E-state index < -0.39 is 0 Å². The highest BCUT2D eigenvalue weighted by atomic mass is 35.5. The van der Waals surface area contributed by atoms with Crippen molar-refractivity contribution < 1.29 is 4.79 Å². The van der Waals surface area contributed by atoms with E-state index in [0.29, 0.717) is 0 Å². The number of nitrogens with one attached hydrogen (secondary N) is 2. The fraction of sp³-hybridized carbons (Fsp3) is 0.333. The Morgan fingerprint density at radius 1 is 1.43 bits per heavy atom. The average molecular weight is 212 g/mol. The molecule has 14 heavy (non-hydrogen) atoms. The number of carbonyl (C=O) groups is 1. The molecule has 3 heterocycles. The summed E-state index contributed by atoms with van der Waals surface area (Å²) in [6.45, 7) is 1.49. The van der Waals surface area contributed by atoms with Gasteiger partial charge in [-0.3, -0.25) is 9.78 Å². The number of halogens is 1. The second-order valence-corrected chi connectivity index (χ2v) is 3.56. The third-order valence-corrected chi connectivity index (χ3v) is 2.87. The fourth-order valence-electron chi connectivity index (χ4n) is 2.00. The lowest BCUT2D eigenvalue weighted by atomic mass is 9.77. The number of nitrogens with zero attached hydrogens (tertiary/aromatic N) is 1. The van der Waals surface area contributed by atoms with Crippen molar-refractivity contribution in [3.63, 3.8) is 0 Å². The molecule has 0 aromatic carbocycles. The van der Waals surface area contributed by atoms with Gasteiger partial charge in [0.25, 0.3) is 0 Å². The molecule has 0 aliphatic carbocycles. The SMILES string of the molecule is Cl.O=C1Nc2cnccc2C12CNC2. The monoisotopic (exact) mass is 211 g/mol. The summed E-state index contributed by atoms with van der Waals surface area (Å²) in [4.78, 5) is 15.6. The third kappa shape index (κ3) is 0.923. The summed E-state index contributed by atoms with van der Waals surface area (Å²) in [6, 6.07) is 1.92. The van der Waals surface area contributed by atoms with Gasteiger partial charge < -0.3 is 10.6 Å².